The lowest BCUT2D eigenvalue weighted by Crippen LogP contribution is -2.29. The van der Waals surface area contributed by atoms with Crippen LogP contribution in [0.1, 0.15) is 212 Å². The van der Waals surface area contributed by atoms with E-state index in [9.17, 15) is 66.4 Å². The van der Waals surface area contributed by atoms with Crippen molar-refractivity contribution in [3.05, 3.63) is 245 Å². The van der Waals surface area contributed by atoms with E-state index in [-0.39, 0.29) is 112 Å². The highest BCUT2D eigenvalue weighted by Crippen LogP contribution is 2.43. The fourth-order valence-electron chi connectivity index (χ4n) is 16.6. The third-order valence-corrected chi connectivity index (χ3v) is 30.1. The fraction of sp³-hybridized carbons (Fsp3) is 0.460. The summed E-state index contributed by atoms with van der Waals surface area (Å²) in [7, 11) is 3.59. The number of likely N-dealkylation sites (tertiary alicyclic amines) is 5. The minimum absolute atomic E-state index is 0. The molecular weight excluding hydrogens is 1940 g/mol. The van der Waals surface area contributed by atoms with Crippen molar-refractivity contribution >= 4 is 153 Å². The number of benzene rings is 7. The molecule has 0 spiro atoms. The summed E-state index contributed by atoms with van der Waals surface area (Å²) in [6, 6.07) is 36.1. The molecule has 143 heavy (non-hydrogen) atoms. The Morgan fingerprint density at radius 1 is 0.420 bits per heavy atom. The second-order valence-corrected chi connectivity index (χ2v) is 42.6. The van der Waals surface area contributed by atoms with Crippen molar-refractivity contribution in [1.29, 1.82) is 0 Å². The lowest BCUT2D eigenvalue weighted by molar-refractivity contribution is -0.742. The number of nitrogens with zero attached hydrogens (tertiary/aromatic N) is 13. The first kappa shape index (κ1) is 119. The smallest absolute Gasteiger partial charge is 0.310 e. The van der Waals surface area contributed by atoms with Gasteiger partial charge in [0.25, 0.3) is 22.1 Å². The molecule has 0 bridgehead atoms. The van der Waals surface area contributed by atoms with Gasteiger partial charge in [-0.2, -0.15) is 9.97 Å². The highest BCUT2D eigenvalue weighted by molar-refractivity contribution is 7.92. The standard InChI is InChI=1S/C26H31ClN6O4S.C15H21N3O3.C15H22N2O.C13H13Cl2N3O2S.C13H19N3O2.C13H20N2.C4H6O3.CH4.HNO3/c1-16(2)38(36,37)24-8-6-5-7-21(24)29-25-20(27)15-28-26(31-25)30-22-14-23(33(34)35)19(13-17(22)3)18-9-11-32(4)12-10-18;1-10-8-13(12-4-6-17(3)7-5-12)15(18(20)21)9-14(10)16-11(2)19;1-11-10-14(4-5-15(11)16-12(2)18)13-6-8-17(3)9-7-13;1-8(2)21(19,20)11-6-4-3-5-10(11)17-12-9(14)7-16-13(15)18-12;1-9-7-11(10-3-5-15(2)6-4-10)13(16(17)18)8-12(9)14;1-10-9-12(3-4-13(10)14)11-5-7-15(2)8-6-11;1-3(5)7-4(2)6;;2-1(3)4/h5-8,13-16,18H,9-12H2,1-4H3,(H2,28,29,30,31);8-9,12H,4-7H2,1-3H3,(H,16,19);4-5,10,13H,6-9H2,1-3H3,(H,16,18);3-8H,1-2H3,(H,16,17,18);7-8,10H,3-6,14H2,1-2H3;3-4,9,11H,5-8,14H2,1-2H3;1-2H3;1H4;(H,2,3,4). The van der Waals surface area contributed by atoms with Crippen LogP contribution in [0.15, 0.2) is 144 Å². The lowest BCUT2D eigenvalue weighted by Gasteiger charge is -2.29. The van der Waals surface area contributed by atoms with Gasteiger partial charge in [-0.25, -0.2) is 26.8 Å². The van der Waals surface area contributed by atoms with Gasteiger partial charge in [-0.1, -0.05) is 79.2 Å². The Kier molecular flexibility index (Phi) is 46.9. The number of aromatic nitrogens is 4. The summed E-state index contributed by atoms with van der Waals surface area (Å²) in [6.07, 6.45) is 13.3. The average Bonchev–Trinajstić information content (AvgIpc) is 0.797. The number of esters is 2. The minimum Gasteiger partial charge on any atom is -0.399 e. The zero-order valence-corrected chi connectivity index (χ0v) is 87.6. The van der Waals surface area contributed by atoms with Crippen molar-refractivity contribution in [1.82, 2.24) is 44.4 Å². The molecule has 2 aromatic heterocycles. The topological polar surface area (TPSA) is 519 Å². The molecule has 38 nitrogen and oxygen atoms in total. The maximum absolute atomic E-state index is 12.8. The van der Waals surface area contributed by atoms with Crippen molar-refractivity contribution in [3.8, 4) is 0 Å². The lowest BCUT2D eigenvalue weighted by atomic mass is 9.87. The summed E-state index contributed by atoms with van der Waals surface area (Å²) in [6.45, 7) is 32.1. The van der Waals surface area contributed by atoms with E-state index in [4.69, 9.17) is 61.6 Å². The van der Waals surface area contributed by atoms with Gasteiger partial charge in [-0.05, 0) is 362 Å². The number of carbonyl (C=O) groups is 4. The van der Waals surface area contributed by atoms with Crippen LogP contribution in [0.25, 0.3) is 0 Å². The molecule has 0 unspecified atom stereocenters. The Morgan fingerprint density at radius 2 is 0.734 bits per heavy atom. The number of piperidine rings is 5. The molecular formula is C100H137Cl3N20O18S2. The number of nitrogen functional groups attached to an aromatic ring is 2. The highest BCUT2D eigenvalue weighted by atomic mass is 35.5. The number of carbonyl (C=O) groups excluding carboxylic acids is 4. The Labute approximate surface area is 853 Å². The third-order valence-electron chi connectivity index (χ3n) is 24.9. The first-order chi connectivity index (χ1) is 66.7. The molecule has 778 valence electrons. The molecule has 5 aliphatic heterocycles. The highest BCUT2D eigenvalue weighted by Gasteiger charge is 2.33. The van der Waals surface area contributed by atoms with Crippen LogP contribution in [-0.2, 0) is 43.6 Å². The van der Waals surface area contributed by atoms with Crippen molar-refractivity contribution < 1.29 is 65.8 Å². The maximum Gasteiger partial charge on any atom is 0.310 e. The molecule has 14 rings (SSSR count). The van der Waals surface area contributed by atoms with Gasteiger partial charge < -0.3 is 72.5 Å². The molecule has 5 saturated heterocycles. The quantitative estimate of drug-likeness (QED) is 0.00877. The molecule has 7 heterocycles. The van der Waals surface area contributed by atoms with Crippen LogP contribution in [0.4, 0.5) is 74.5 Å². The van der Waals surface area contributed by atoms with Gasteiger partial charge in [-0.15, -0.1) is 10.1 Å². The van der Waals surface area contributed by atoms with Crippen molar-refractivity contribution in [2.24, 2.45) is 0 Å². The monoisotopic (exact) mass is 2070 g/mol. The molecule has 7 aromatic carbocycles. The second kappa shape index (κ2) is 56.1. The number of nitro benzene ring substituents is 3. The number of para-hydroxylation sites is 2. The number of nitro groups is 3. The molecule has 0 atom stereocenters. The second-order valence-electron chi connectivity index (χ2n) is 36.5. The van der Waals surface area contributed by atoms with Crippen LogP contribution in [0, 0.1) is 75.1 Å². The molecule has 10 N–H and O–H groups in total. The number of aryl methyl sites for hydroxylation is 5. The summed E-state index contributed by atoms with van der Waals surface area (Å²) in [5, 5.41) is 61.9. The van der Waals surface area contributed by atoms with Crippen LogP contribution in [0.5, 0.6) is 0 Å². The summed E-state index contributed by atoms with van der Waals surface area (Å²) in [5.74, 6) is 1.28. The van der Waals surface area contributed by atoms with E-state index in [1.165, 1.54) is 132 Å². The van der Waals surface area contributed by atoms with E-state index in [0.29, 0.717) is 34.4 Å². The summed E-state index contributed by atoms with van der Waals surface area (Å²) < 4.78 is 54.4. The third kappa shape index (κ3) is 36.8. The zero-order valence-electron chi connectivity index (χ0n) is 83.7. The van der Waals surface area contributed by atoms with Crippen LogP contribution < -0.4 is 38.1 Å². The Balaban J connectivity index is 0.000000263. The van der Waals surface area contributed by atoms with E-state index >= 15 is 0 Å². The fourth-order valence-corrected chi connectivity index (χ4v) is 19.4. The van der Waals surface area contributed by atoms with E-state index in [1.54, 1.807) is 71.0 Å². The number of nitrogens with two attached hydrogens (primary N) is 2. The average molecular weight is 2080 g/mol. The molecule has 0 saturated carbocycles. The van der Waals surface area contributed by atoms with Crippen molar-refractivity contribution in [2.45, 2.75) is 212 Å². The van der Waals surface area contributed by atoms with Gasteiger partial charge in [0.05, 0.1) is 70.2 Å². The van der Waals surface area contributed by atoms with Crippen LogP contribution in [0.3, 0.4) is 0 Å². The number of amides is 2. The van der Waals surface area contributed by atoms with E-state index in [1.807, 2.05) is 51.1 Å². The zero-order chi connectivity index (χ0) is 105. The van der Waals surface area contributed by atoms with Gasteiger partial charge in [0, 0.05) is 79.6 Å². The number of ether oxygens (including phenoxy) is 1. The Bertz CT molecular complexity index is 6110. The number of halogens is 3. The van der Waals surface area contributed by atoms with Gasteiger partial charge in [-0.3, -0.25) is 49.5 Å². The molecule has 5 aliphatic rings. The van der Waals surface area contributed by atoms with Crippen LogP contribution in [-0.4, -0.2) is 221 Å². The predicted molar refractivity (Wildman–Crippen MR) is 565 cm³/mol. The van der Waals surface area contributed by atoms with Gasteiger partial charge in [0.1, 0.15) is 10.0 Å². The molecule has 2 amide bonds. The van der Waals surface area contributed by atoms with E-state index in [0.717, 1.165) is 134 Å². The summed E-state index contributed by atoms with van der Waals surface area (Å²) >= 11 is 18.0. The molecule has 9 aromatic rings. The number of hydrogen-bond donors (Lipinski definition) is 8. The number of sulfone groups is 2. The molecule has 5 fully saturated rings. The number of anilines is 10. The Hall–Kier alpha value is -12.3. The van der Waals surface area contributed by atoms with E-state index < -0.39 is 47.2 Å². The van der Waals surface area contributed by atoms with Gasteiger partial charge >= 0.3 is 11.9 Å². The SMILES string of the molecule is C.CC(=O)Nc1cc([N+](=O)[O-])c(C2CCN(C)CC2)cc1C.CC(=O)Nc1ccc(C2CCN(C)CC2)cc1C.CC(=O)OC(C)=O.CC(C)S(=O)(=O)c1ccccc1Nc1nc(Cl)ncc1Cl.Cc1cc(C2CCN(C)CC2)c([N+](=O)[O-])cc1N.Cc1cc(C2CCN(C)CC2)c([N+](=O)[O-])cc1Nc1ncc(Cl)c(Nc2ccccc2S(=O)(=O)C(C)C)n1.Cc1cc(C2CCN(C)CC2)ccc1N.O=[N+]([O-])O. The Morgan fingerprint density at radius 3 is 1.09 bits per heavy atom. The largest absolute Gasteiger partial charge is 0.399 e. The number of hydrogen-bond acceptors (Lipinski definition) is 31. The van der Waals surface area contributed by atoms with Crippen molar-refractivity contribution in [3.63, 3.8) is 0 Å². The summed E-state index contributed by atoms with van der Waals surface area (Å²) in [4.78, 5) is 112. The minimum atomic E-state index is -3.57. The first-order valence-corrected chi connectivity index (χ1v) is 50.7. The number of nitrogens with one attached hydrogen (secondary N) is 5. The normalized spacial score (nSPS) is 15.2. The maximum atomic E-state index is 12.8. The van der Waals surface area contributed by atoms with Crippen LogP contribution >= 0.6 is 34.8 Å². The summed E-state index contributed by atoms with van der Waals surface area (Å²) in [5.41, 5.74) is 26.3. The first-order valence-electron chi connectivity index (χ1n) is 46.5. The number of rotatable bonds is 20. The van der Waals surface area contributed by atoms with Crippen molar-refractivity contribution in [2.75, 3.05) is 139 Å². The predicted octanol–water partition coefficient (Wildman–Crippen LogP) is 20.0. The van der Waals surface area contributed by atoms with Gasteiger partial charge in [0.2, 0.25) is 23.0 Å². The molecule has 0 radical (unpaired) electrons. The van der Waals surface area contributed by atoms with Crippen LogP contribution in [0.2, 0.25) is 15.3 Å². The van der Waals surface area contributed by atoms with E-state index in [2.05, 4.69) is 149 Å². The molecule has 0 aliphatic carbocycles. The molecule has 43 heteroatoms. The van der Waals surface area contributed by atoms with Gasteiger partial charge in [0.15, 0.2) is 31.3 Å².